The smallest absolute Gasteiger partial charge is 0.239 e. The third-order valence-corrected chi connectivity index (χ3v) is 3.01. The molecule has 0 saturated carbocycles. The molecule has 0 spiro atoms. The fraction of sp³-hybridized carbons (Fsp3) is 0.833. The van der Waals surface area contributed by atoms with E-state index in [0.29, 0.717) is 13.0 Å². The van der Waals surface area contributed by atoms with Gasteiger partial charge in [-0.15, -0.1) is 0 Å². The summed E-state index contributed by atoms with van der Waals surface area (Å²) >= 11 is 0. The van der Waals surface area contributed by atoms with Gasteiger partial charge >= 0.3 is 0 Å². The van der Waals surface area contributed by atoms with Gasteiger partial charge < -0.3 is 15.5 Å². The molecular weight excluding hydrogens is 218 g/mol. The summed E-state index contributed by atoms with van der Waals surface area (Å²) in [5.41, 5.74) is 0. The van der Waals surface area contributed by atoms with Crippen LogP contribution in [-0.4, -0.2) is 49.4 Å². The van der Waals surface area contributed by atoms with Crippen LogP contribution >= 0.6 is 0 Å². The van der Waals surface area contributed by atoms with Gasteiger partial charge in [0.15, 0.2) is 0 Å². The molecule has 0 aromatic rings. The number of hydrogen-bond donors (Lipinski definition) is 2. The first-order valence-electron chi connectivity index (χ1n) is 6.37. The SMILES string of the molecule is CCNC(=O)CN(C)C(=O)CC1CCCCN1. The molecule has 1 fully saturated rings. The normalized spacial score (nSPS) is 19.8. The highest BCUT2D eigenvalue weighted by molar-refractivity contribution is 5.84. The maximum atomic E-state index is 11.9. The molecule has 2 amide bonds. The number of nitrogens with one attached hydrogen (secondary N) is 2. The van der Waals surface area contributed by atoms with E-state index in [0.717, 1.165) is 13.0 Å². The second-order valence-electron chi connectivity index (χ2n) is 4.55. The Morgan fingerprint density at radius 1 is 1.41 bits per heavy atom. The van der Waals surface area contributed by atoms with Gasteiger partial charge in [-0.1, -0.05) is 6.42 Å². The zero-order valence-corrected chi connectivity index (χ0v) is 10.8. The zero-order chi connectivity index (χ0) is 12.7. The molecule has 0 radical (unpaired) electrons. The highest BCUT2D eigenvalue weighted by Crippen LogP contribution is 2.10. The van der Waals surface area contributed by atoms with E-state index in [1.54, 1.807) is 7.05 Å². The van der Waals surface area contributed by atoms with Gasteiger partial charge in [0.05, 0.1) is 6.54 Å². The number of carbonyl (C=O) groups is 2. The Morgan fingerprint density at radius 3 is 2.76 bits per heavy atom. The molecule has 5 heteroatoms. The van der Waals surface area contributed by atoms with Crippen molar-refractivity contribution in [3.8, 4) is 0 Å². The topological polar surface area (TPSA) is 61.4 Å². The molecule has 1 rings (SSSR count). The molecule has 1 atom stereocenters. The first-order chi connectivity index (χ1) is 8.13. The quantitative estimate of drug-likeness (QED) is 0.718. The fourth-order valence-corrected chi connectivity index (χ4v) is 2.02. The van der Waals surface area contributed by atoms with Gasteiger partial charge in [0.2, 0.25) is 11.8 Å². The number of carbonyl (C=O) groups excluding carboxylic acids is 2. The highest BCUT2D eigenvalue weighted by atomic mass is 16.2. The molecule has 1 unspecified atom stereocenters. The lowest BCUT2D eigenvalue weighted by Crippen LogP contribution is -2.42. The zero-order valence-electron chi connectivity index (χ0n) is 10.8. The van der Waals surface area contributed by atoms with Gasteiger partial charge in [0.1, 0.15) is 0 Å². The van der Waals surface area contributed by atoms with Crippen molar-refractivity contribution in [3.05, 3.63) is 0 Å². The largest absolute Gasteiger partial charge is 0.355 e. The van der Waals surface area contributed by atoms with Crippen LogP contribution in [0.3, 0.4) is 0 Å². The van der Waals surface area contributed by atoms with Crippen molar-refractivity contribution in [2.75, 3.05) is 26.7 Å². The van der Waals surface area contributed by atoms with E-state index < -0.39 is 0 Å². The Bertz CT molecular complexity index is 262. The molecule has 1 aliphatic heterocycles. The summed E-state index contributed by atoms with van der Waals surface area (Å²) in [4.78, 5) is 24.7. The van der Waals surface area contributed by atoms with Gasteiger partial charge in [-0.2, -0.15) is 0 Å². The fourth-order valence-electron chi connectivity index (χ4n) is 2.02. The summed E-state index contributed by atoms with van der Waals surface area (Å²) in [6.07, 6.45) is 3.93. The van der Waals surface area contributed by atoms with Crippen LogP contribution < -0.4 is 10.6 Å². The van der Waals surface area contributed by atoms with E-state index in [9.17, 15) is 9.59 Å². The summed E-state index contributed by atoms with van der Waals surface area (Å²) in [5.74, 6) is -0.0596. The van der Waals surface area contributed by atoms with Crippen LogP contribution in [0.4, 0.5) is 0 Å². The minimum atomic E-state index is -0.0973. The number of likely N-dealkylation sites (N-methyl/N-ethyl adjacent to an activating group) is 2. The lowest BCUT2D eigenvalue weighted by molar-refractivity contribution is -0.135. The summed E-state index contributed by atoms with van der Waals surface area (Å²) < 4.78 is 0. The number of hydrogen-bond acceptors (Lipinski definition) is 3. The molecule has 0 aromatic carbocycles. The van der Waals surface area contributed by atoms with Crippen molar-refractivity contribution in [1.29, 1.82) is 0 Å². The van der Waals surface area contributed by atoms with Crippen LogP contribution in [0.5, 0.6) is 0 Å². The summed E-state index contributed by atoms with van der Waals surface area (Å²) in [5, 5.41) is 6.02. The van der Waals surface area contributed by atoms with Gasteiger partial charge in [0.25, 0.3) is 0 Å². The van der Waals surface area contributed by atoms with Crippen molar-refractivity contribution in [2.45, 2.75) is 38.6 Å². The maximum absolute atomic E-state index is 11.9. The molecule has 0 aromatic heterocycles. The number of nitrogens with zero attached hydrogens (tertiary/aromatic N) is 1. The van der Waals surface area contributed by atoms with Crippen LogP contribution in [0.15, 0.2) is 0 Å². The van der Waals surface area contributed by atoms with Crippen LogP contribution in [0.25, 0.3) is 0 Å². The first-order valence-corrected chi connectivity index (χ1v) is 6.37. The third kappa shape index (κ3) is 5.17. The minimum Gasteiger partial charge on any atom is -0.355 e. The van der Waals surface area contributed by atoms with Crippen molar-refractivity contribution in [1.82, 2.24) is 15.5 Å². The van der Waals surface area contributed by atoms with Crippen molar-refractivity contribution < 1.29 is 9.59 Å². The molecule has 1 saturated heterocycles. The van der Waals surface area contributed by atoms with Crippen molar-refractivity contribution in [3.63, 3.8) is 0 Å². The molecule has 1 heterocycles. The van der Waals surface area contributed by atoms with Crippen LogP contribution in [0.1, 0.15) is 32.6 Å². The molecule has 1 aliphatic rings. The van der Waals surface area contributed by atoms with Gasteiger partial charge in [-0.3, -0.25) is 9.59 Å². The van der Waals surface area contributed by atoms with E-state index in [2.05, 4.69) is 10.6 Å². The van der Waals surface area contributed by atoms with Gasteiger partial charge in [-0.25, -0.2) is 0 Å². The van der Waals surface area contributed by atoms with Gasteiger partial charge in [0, 0.05) is 26.1 Å². The van der Waals surface area contributed by atoms with E-state index in [-0.39, 0.29) is 24.4 Å². The minimum absolute atomic E-state index is 0.0376. The first kappa shape index (κ1) is 14.0. The average molecular weight is 241 g/mol. The summed E-state index contributed by atoms with van der Waals surface area (Å²) in [6, 6.07) is 0.285. The van der Waals surface area contributed by atoms with Crippen LogP contribution in [0.2, 0.25) is 0 Å². The molecule has 0 bridgehead atoms. The standard InChI is InChI=1S/C12H23N3O2/c1-3-13-11(16)9-15(2)12(17)8-10-6-4-5-7-14-10/h10,14H,3-9H2,1-2H3,(H,13,16). The lowest BCUT2D eigenvalue weighted by atomic mass is 10.0. The van der Waals surface area contributed by atoms with Gasteiger partial charge in [-0.05, 0) is 26.3 Å². The highest BCUT2D eigenvalue weighted by Gasteiger charge is 2.19. The molecule has 98 valence electrons. The second-order valence-corrected chi connectivity index (χ2v) is 4.55. The van der Waals surface area contributed by atoms with Crippen LogP contribution in [-0.2, 0) is 9.59 Å². The molecule has 0 aliphatic carbocycles. The summed E-state index contributed by atoms with van der Waals surface area (Å²) in [7, 11) is 1.68. The Labute approximate surface area is 103 Å². The number of rotatable bonds is 5. The number of piperidine rings is 1. The third-order valence-electron chi connectivity index (χ3n) is 3.01. The van der Waals surface area contributed by atoms with Crippen molar-refractivity contribution in [2.24, 2.45) is 0 Å². The molecule has 2 N–H and O–H groups in total. The maximum Gasteiger partial charge on any atom is 0.239 e. The number of amides is 2. The molecular formula is C12H23N3O2. The van der Waals surface area contributed by atoms with E-state index in [4.69, 9.17) is 0 Å². The Balaban J connectivity index is 2.28. The second kappa shape index (κ2) is 7.27. The predicted octanol–water partition coefficient (Wildman–Crippen LogP) is 0.113. The Kier molecular flexibility index (Phi) is 5.97. The monoisotopic (exact) mass is 241 g/mol. The van der Waals surface area contributed by atoms with E-state index in [1.807, 2.05) is 6.92 Å². The average Bonchev–Trinajstić information content (AvgIpc) is 2.30. The lowest BCUT2D eigenvalue weighted by Gasteiger charge is -2.25. The molecule has 17 heavy (non-hydrogen) atoms. The van der Waals surface area contributed by atoms with Crippen molar-refractivity contribution >= 4 is 11.8 Å². The van der Waals surface area contributed by atoms with Crippen LogP contribution in [0, 0.1) is 0 Å². The molecule has 5 nitrogen and oxygen atoms in total. The Hall–Kier alpha value is -1.10. The predicted molar refractivity (Wildman–Crippen MR) is 66.6 cm³/mol. The van der Waals surface area contributed by atoms with E-state index >= 15 is 0 Å². The summed E-state index contributed by atoms with van der Waals surface area (Å²) in [6.45, 7) is 3.62. The van der Waals surface area contributed by atoms with E-state index in [1.165, 1.54) is 17.7 Å². The Morgan fingerprint density at radius 2 is 2.18 bits per heavy atom.